The van der Waals surface area contributed by atoms with E-state index in [0.29, 0.717) is 18.9 Å². The monoisotopic (exact) mass is 343 g/mol. The van der Waals surface area contributed by atoms with Crippen LogP contribution in [0.3, 0.4) is 0 Å². The Morgan fingerprint density at radius 2 is 2.04 bits per heavy atom. The molecule has 25 heavy (non-hydrogen) atoms. The highest BCUT2D eigenvalue weighted by molar-refractivity contribution is 5.95. The summed E-state index contributed by atoms with van der Waals surface area (Å²) < 4.78 is 10.7. The summed E-state index contributed by atoms with van der Waals surface area (Å²) in [6, 6.07) is 10.9. The van der Waals surface area contributed by atoms with Gasteiger partial charge in [0.25, 0.3) is 5.91 Å². The average Bonchev–Trinajstić information content (AvgIpc) is 3.12. The Bertz CT molecular complexity index is 744. The highest BCUT2D eigenvalue weighted by Gasteiger charge is 2.27. The number of hydrogen-bond acceptors (Lipinski definition) is 5. The van der Waals surface area contributed by atoms with E-state index in [-0.39, 0.29) is 30.3 Å². The lowest BCUT2D eigenvalue weighted by Crippen LogP contribution is -2.52. The molecule has 1 fully saturated rings. The molecule has 1 N–H and O–H groups in total. The van der Waals surface area contributed by atoms with Crippen LogP contribution in [0.2, 0.25) is 0 Å². The number of benzene rings is 1. The van der Waals surface area contributed by atoms with E-state index in [0.717, 1.165) is 5.56 Å². The Hall–Kier alpha value is -2.67. The molecule has 132 valence electrons. The second-order valence-electron chi connectivity index (χ2n) is 6.16. The van der Waals surface area contributed by atoms with Gasteiger partial charge in [0, 0.05) is 18.2 Å². The predicted molar refractivity (Wildman–Crippen MR) is 90.9 cm³/mol. The number of morpholine rings is 1. The van der Waals surface area contributed by atoms with Crippen LogP contribution in [0.1, 0.15) is 24.3 Å². The van der Waals surface area contributed by atoms with E-state index in [9.17, 15) is 9.59 Å². The molecule has 3 rings (SSSR count). The Morgan fingerprint density at radius 1 is 1.28 bits per heavy atom. The van der Waals surface area contributed by atoms with E-state index in [4.69, 9.17) is 9.26 Å². The summed E-state index contributed by atoms with van der Waals surface area (Å²) in [5.74, 6) is -0.0660. The molecule has 2 aromatic rings. The molecular weight excluding hydrogens is 322 g/mol. The molecule has 7 heteroatoms. The van der Waals surface area contributed by atoms with Gasteiger partial charge >= 0.3 is 0 Å². The quantitative estimate of drug-likeness (QED) is 0.913. The lowest BCUT2D eigenvalue weighted by atomic mass is 10.1. The van der Waals surface area contributed by atoms with Crippen LogP contribution in [0.15, 0.2) is 40.9 Å². The summed E-state index contributed by atoms with van der Waals surface area (Å²) in [5.41, 5.74) is 0.983. The van der Waals surface area contributed by atoms with Gasteiger partial charge in [-0.1, -0.05) is 35.5 Å². The first-order valence-corrected chi connectivity index (χ1v) is 8.26. The molecule has 1 saturated heterocycles. The van der Waals surface area contributed by atoms with Crippen LogP contribution < -0.4 is 5.32 Å². The molecule has 0 radical (unpaired) electrons. The zero-order valence-electron chi connectivity index (χ0n) is 14.3. The van der Waals surface area contributed by atoms with Crippen LogP contribution in [0, 0.1) is 0 Å². The molecule has 2 heterocycles. The lowest BCUT2D eigenvalue weighted by molar-refractivity contribution is -0.142. The third-order valence-corrected chi connectivity index (χ3v) is 4.13. The number of rotatable bonds is 4. The molecule has 1 aliphatic rings. The van der Waals surface area contributed by atoms with Crippen molar-refractivity contribution in [1.29, 1.82) is 0 Å². The van der Waals surface area contributed by atoms with Crippen molar-refractivity contribution in [2.24, 2.45) is 0 Å². The fraction of sp³-hybridized carbons (Fsp3) is 0.389. The van der Waals surface area contributed by atoms with Gasteiger partial charge in [-0.15, -0.1) is 0 Å². The molecule has 1 aromatic heterocycles. The summed E-state index contributed by atoms with van der Waals surface area (Å²) in [5, 5.41) is 6.38. The van der Waals surface area contributed by atoms with E-state index in [1.807, 2.05) is 44.2 Å². The van der Waals surface area contributed by atoms with Crippen molar-refractivity contribution in [3.05, 3.63) is 42.1 Å². The number of aromatic nitrogens is 1. The third-order valence-electron chi connectivity index (χ3n) is 4.13. The molecule has 7 nitrogen and oxygen atoms in total. The summed E-state index contributed by atoms with van der Waals surface area (Å²) in [6.45, 7) is 4.80. The van der Waals surface area contributed by atoms with Gasteiger partial charge in [0.05, 0.1) is 25.3 Å². The molecule has 0 unspecified atom stereocenters. The van der Waals surface area contributed by atoms with Gasteiger partial charge in [-0.2, -0.15) is 0 Å². The van der Waals surface area contributed by atoms with Crippen molar-refractivity contribution in [1.82, 2.24) is 15.4 Å². The average molecular weight is 343 g/mol. The number of carbonyl (C=O) groups is 2. The number of ether oxygens (including phenoxy) is 1. The molecule has 0 bridgehead atoms. The minimum absolute atomic E-state index is 0.000164. The first-order valence-electron chi connectivity index (χ1n) is 8.26. The maximum absolute atomic E-state index is 12.3. The van der Waals surface area contributed by atoms with E-state index < -0.39 is 5.91 Å². The Kier molecular flexibility index (Phi) is 5.14. The van der Waals surface area contributed by atoms with Gasteiger partial charge in [-0.3, -0.25) is 9.59 Å². The minimum atomic E-state index is -0.437. The molecule has 1 aliphatic heterocycles. The number of carbonyl (C=O) groups excluding carboxylic acids is 2. The topological polar surface area (TPSA) is 84.7 Å². The fourth-order valence-electron chi connectivity index (χ4n) is 2.72. The van der Waals surface area contributed by atoms with Crippen molar-refractivity contribution in [2.75, 3.05) is 19.7 Å². The van der Waals surface area contributed by atoms with Crippen LogP contribution in [0.5, 0.6) is 0 Å². The summed E-state index contributed by atoms with van der Waals surface area (Å²) in [4.78, 5) is 26.3. The van der Waals surface area contributed by atoms with Crippen molar-refractivity contribution >= 4 is 11.8 Å². The zero-order valence-corrected chi connectivity index (χ0v) is 14.3. The number of hydrogen-bond donors (Lipinski definition) is 1. The van der Waals surface area contributed by atoms with Gasteiger partial charge in [-0.25, -0.2) is 0 Å². The van der Waals surface area contributed by atoms with E-state index in [1.165, 1.54) is 0 Å². The summed E-state index contributed by atoms with van der Waals surface area (Å²) in [6.07, 6.45) is -0.000164. The predicted octanol–water partition coefficient (Wildman–Crippen LogP) is 1.71. The Labute approximate surface area is 145 Å². The van der Waals surface area contributed by atoms with Crippen LogP contribution in [0.4, 0.5) is 0 Å². The maximum Gasteiger partial charge on any atom is 0.273 e. The number of nitrogens with one attached hydrogen (secondary N) is 1. The SMILES string of the molecule is C[C@@H]1CN(C(=O)CNC(=O)c2cc(-c3ccccc3)on2)[C@H](C)CO1. The largest absolute Gasteiger partial charge is 0.375 e. The molecule has 2 atom stereocenters. The van der Waals surface area contributed by atoms with E-state index in [2.05, 4.69) is 10.5 Å². The third kappa shape index (κ3) is 4.06. The van der Waals surface area contributed by atoms with E-state index >= 15 is 0 Å². The zero-order chi connectivity index (χ0) is 17.8. The first-order chi connectivity index (χ1) is 12.0. The maximum atomic E-state index is 12.3. The van der Waals surface area contributed by atoms with Gasteiger partial charge < -0.3 is 19.5 Å². The second kappa shape index (κ2) is 7.48. The number of nitrogens with zero attached hydrogens (tertiary/aromatic N) is 2. The highest BCUT2D eigenvalue weighted by atomic mass is 16.5. The lowest BCUT2D eigenvalue weighted by Gasteiger charge is -2.36. The van der Waals surface area contributed by atoms with Gasteiger partial charge in [0.2, 0.25) is 5.91 Å². The number of amides is 2. The van der Waals surface area contributed by atoms with Gasteiger partial charge in [0.15, 0.2) is 11.5 Å². The van der Waals surface area contributed by atoms with Crippen molar-refractivity contribution in [3.63, 3.8) is 0 Å². The molecule has 1 aromatic carbocycles. The van der Waals surface area contributed by atoms with E-state index in [1.54, 1.807) is 11.0 Å². The Balaban J connectivity index is 1.58. The fourth-order valence-corrected chi connectivity index (χ4v) is 2.72. The van der Waals surface area contributed by atoms with Crippen molar-refractivity contribution in [2.45, 2.75) is 26.0 Å². The second-order valence-corrected chi connectivity index (χ2v) is 6.16. The molecule has 0 saturated carbocycles. The van der Waals surface area contributed by atoms with Crippen LogP contribution >= 0.6 is 0 Å². The van der Waals surface area contributed by atoms with Crippen molar-refractivity contribution in [3.8, 4) is 11.3 Å². The van der Waals surface area contributed by atoms with Gasteiger partial charge in [0.1, 0.15) is 0 Å². The summed E-state index contributed by atoms with van der Waals surface area (Å²) in [7, 11) is 0. The summed E-state index contributed by atoms with van der Waals surface area (Å²) >= 11 is 0. The molecule has 0 spiro atoms. The molecule has 0 aliphatic carbocycles. The molecule has 2 amide bonds. The highest BCUT2D eigenvalue weighted by Crippen LogP contribution is 2.19. The van der Waals surface area contributed by atoms with Gasteiger partial charge in [-0.05, 0) is 13.8 Å². The smallest absolute Gasteiger partial charge is 0.273 e. The standard InChI is InChI=1S/C18H21N3O4/c1-12-11-24-13(2)10-21(12)17(22)9-19-18(23)15-8-16(25-20-15)14-6-4-3-5-7-14/h3-8,12-13H,9-11H2,1-2H3,(H,19,23)/t12-,13-/m1/s1. The van der Waals surface area contributed by atoms with Crippen LogP contribution in [-0.2, 0) is 9.53 Å². The normalized spacial score (nSPS) is 20.3. The van der Waals surface area contributed by atoms with Crippen LogP contribution in [0.25, 0.3) is 11.3 Å². The minimum Gasteiger partial charge on any atom is -0.375 e. The van der Waals surface area contributed by atoms with Crippen molar-refractivity contribution < 1.29 is 18.8 Å². The molecular formula is C18H21N3O4. The van der Waals surface area contributed by atoms with Crippen LogP contribution in [-0.4, -0.2) is 53.7 Å². The Morgan fingerprint density at radius 3 is 2.80 bits per heavy atom. The first kappa shape index (κ1) is 17.2.